The molecule has 0 fully saturated rings. The van der Waals surface area contributed by atoms with Crippen LogP contribution in [-0.4, -0.2) is 24.6 Å². The molecule has 4 nitrogen and oxygen atoms in total. The molecule has 0 aromatic carbocycles. The zero-order chi connectivity index (χ0) is 13.5. The van der Waals surface area contributed by atoms with Crippen LogP contribution in [0, 0.1) is 6.92 Å². The first-order valence-electron chi connectivity index (χ1n) is 5.64. The van der Waals surface area contributed by atoms with Crippen LogP contribution in [0.2, 0.25) is 5.15 Å². The summed E-state index contributed by atoms with van der Waals surface area (Å²) in [7, 11) is 1.63. The van der Waals surface area contributed by atoms with Gasteiger partial charge in [0.05, 0.1) is 12.3 Å². The van der Waals surface area contributed by atoms with Crippen LogP contribution in [-0.2, 0) is 16.0 Å². The molecule has 1 amide bonds. The van der Waals surface area contributed by atoms with Gasteiger partial charge in [-0.15, -0.1) is 0 Å². The first-order chi connectivity index (χ1) is 8.54. The molecular formula is C13H17ClN2O2. The summed E-state index contributed by atoms with van der Waals surface area (Å²) in [6.07, 6.45) is 4.51. The smallest absolute Gasteiger partial charge is 0.217 e. The lowest BCUT2D eigenvalue weighted by molar-refractivity contribution is -0.117. The van der Waals surface area contributed by atoms with Gasteiger partial charge in [-0.1, -0.05) is 17.7 Å². The van der Waals surface area contributed by atoms with Gasteiger partial charge in [-0.25, -0.2) is 4.98 Å². The third-order valence-corrected chi connectivity index (χ3v) is 2.80. The summed E-state index contributed by atoms with van der Waals surface area (Å²) in [5.74, 6) is -0.338. The van der Waals surface area contributed by atoms with E-state index in [2.05, 4.69) is 4.98 Å². The average Bonchev–Trinajstić information content (AvgIpc) is 2.28. The predicted molar refractivity (Wildman–Crippen MR) is 72.4 cm³/mol. The van der Waals surface area contributed by atoms with Crippen molar-refractivity contribution in [1.29, 1.82) is 0 Å². The first-order valence-corrected chi connectivity index (χ1v) is 6.02. The van der Waals surface area contributed by atoms with E-state index < -0.39 is 0 Å². The third-order valence-electron chi connectivity index (χ3n) is 2.49. The van der Waals surface area contributed by atoms with E-state index in [1.165, 1.54) is 0 Å². The highest BCUT2D eigenvalue weighted by Crippen LogP contribution is 2.21. The number of methoxy groups -OCH3 is 1. The van der Waals surface area contributed by atoms with E-state index in [0.29, 0.717) is 18.2 Å². The second-order valence-electron chi connectivity index (χ2n) is 3.96. The minimum absolute atomic E-state index is 0.279. The number of halogens is 1. The van der Waals surface area contributed by atoms with Crippen LogP contribution in [0.15, 0.2) is 12.1 Å². The predicted octanol–water partition coefficient (Wildman–Crippen LogP) is 2.12. The van der Waals surface area contributed by atoms with Gasteiger partial charge < -0.3 is 10.5 Å². The number of aromatic nitrogens is 1. The summed E-state index contributed by atoms with van der Waals surface area (Å²) in [4.78, 5) is 15.0. The van der Waals surface area contributed by atoms with Crippen molar-refractivity contribution in [2.45, 2.75) is 19.8 Å². The van der Waals surface area contributed by atoms with Crippen molar-refractivity contribution in [3.63, 3.8) is 0 Å². The van der Waals surface area contributed by atoms with Crippen LogP contribution in [0.3, 0.4) is 0 Å². The Kier molecular flexibility index (Phi) is 5.82. The van der Waals surface area contributed by atoms with Crippen molar-refractivity contribution >= 4 is 23.6 Å². The zero-order valence-electron chi connectivity index (χ0n) is 10.6. The van der Waals surface area contributed by atoms with Gasteiger partial charge in [-0.3, -0.25) is 4.79 Å². The standard InChI is InChI=1S/C13H17ClN2O2/c1-9-8-10(4-3-7-18-2)16-13(14)11(9)5-6-12(15)17/h3-4,8H,5-7H2,1-2H3,(H2,15,17)/b4-3+. The van der Waals surface area contributed by atoms with Crippen LogP contribution in [0.25, 0.3) is 6.08 Å². The molecule has 1 aromatic heterocycles. The Morgan fingerprint density at radius 3 is 2.89 bits per heavy atom. The largest absolute Gasteiger partial charge is 0.381 e. The summed E-state index contributed by atoms with van der Waals surface area (Å²) < 4.78 is 4.91. The highest BCUT2D eigenvalue weighted by molar-refractivity contribution is 6.30. The molecule has 0 unspecified atom stereocenters. The molecule has 0 bridgehead atoms. The van der Waals surface area contributed by atoms with Gasteiger partial charge >= 0.3 is 0 Å². The minimum atomic E-state index is -0.338. The summed E-state index contributed by atoms with van der Waals surface area (Å²) in [5, 5.41) is 0.424. The van der Waals surface area contributed by atoms with E-state index in [-0.39, 0.29) is 12.3 Å². The fourth-order valence-corrected chi connectivity index (χ4v) is 1.92. The number of nitrogens with zero attached hydrogens (tertiary/aromatic N) is 1. The second-order valence-corrected chi connectivity index (χ2v) is 4.32. The monoisotopic (exact) mass is 268 g/mol. The number of nitrogens with two attached hydrogens (primary N) is 1. The number of carbonyl (C=O) groups excluding carboxylic acids is 1. The summed E-state index contributed by atoms with van der Waals surface area (Å²) in [5.41, 5.74) is 7.78. The number of amides is 1. The van der Waals surface area contributed by atoms with Gasteiger partial charge in [0.1, 0.15) is 5.15 Å². The molecular weight excluding hydrogens is 252 g/mol. The number of aryl methyl sites for hydroxylation is 1. The Bertz CT molecular complexity index is 435. The van der Waals surface area contributed by atoms with Gasteiger partial charge in [0.15, 0.2) is 0 Å². The molecule has 2 N–H and O–H groups in total. The van der Waals surface area contributed by atoms with Crippen molar-refractivity contribution in [3.8, 4) is 0 Å². The van der Waals surface area contributed by atoms with Crippen LogP contribution < -0.4 is 5.73 Å². The number of primary amides is 1. The number of hydrogen-bond donors (Lipinski definition) is 1. The number of carbonyl (C=O) groups is 1. The van der Waals surface area contributed by atoms with Crippen molar-refractivity contribution in [1.82, 2.24) is 4.98 Å². The van der Waals surface area contributed by atoms with Gasteiger partial charge in [-0.2, -0.15) is 0 Å². The van der Waals surface area contributed by atoms with Crippen molar-refractivity contribution < 1.29 is 9.53 Å². The lowest BCUT2D eigenvalue weighted by atomic mass is 10.1. The molecule has 0 spiro atoms. The molecule has 0 saturated carbocycles. The molecule has 0 aliphatic carbocycles. The van der Waals surface area contributed by atoms with Crippen molar-refractivity contribution in [2.75, 3.05) is 13.7 Å². The molecule has 0 aliphatic heterocycles. The lowest BCUT2D eigenvalue weighted by Gasteiger charge is -2.08. The Hall–Kier alpha value is -1.39. The maximum atomic E-state index is 10.8. The van der Waals surface area contributed by atoms with E-state index in [4.69, 9.17) is 22.1 Å². The summed E-state index contributed by atoms with van der Waals surface area (Å²) in [6.45, 7) is 2.47. The lowest BCUT2D eigenvalue weighted by Crippen LogP contribution is -2.12. The Morgan fingerprint density at radius 1 is 1.61 bits per heavy atom. The minimum Gasteiger partial charge on any atom is -0.381 e. The fraction of sp³-hybridized carbons (Fsp3) is 0.385. The summed E-state index contributed by atoms with van der Waals surface area (Å²) >= 11 is 6.10. The van der Waals surface area contributed by atoms with Gasteiger partial charge in [0.2, 0.25) is 5.91 Å². The number of rotatable bonds is 6. The number of pyridine rings is 1. The van der Waals surface area contributed by atoms with Crippen LogP contribution >= 0.6 is 11.6 Å². The van der Waals surface area contributed by atoms with E-state index in [9.17, 15) is 4.79 Å². The molecule has 18 heavy (non-hydrogen) atoms. The number of ether oxygens (including phenoxy) is 1. The normalized spacial score (nSPS) is 11.1. The second kappa shape index (κ2) is 7.13. The van der Waals surface area contributed by atoms with Crippen LogP contribution in [0.4, 0.5) is 0 Å². The molecule has 0 aliphatic rings. The van der Waals surface area contributed by atoms with E-state index >= 15 is 0 Å². The van der Waals surface area contributed by atoms with Gasteiger partial charge in [0, 0.05) is 13.5 Å². The molecule has 0 radical (unpaired) electrons. The molecule has 5 heteroatoms. The third kappa shape index (κ3) is 4.47. The molecule has 0 atom stereocenters. The van der Waals surface area contributed by atoms with Gasteiger partial charge in [0.25, 0.3) is 0 Å². The maximum absolute atomic E-state index is 10.8. The fourth-order valence-electron chi connectivity index (χ4n) is 1.58. The quantitative estimate of drug-likeness (QED) is 0.804. The van der Waals surface area contributed by atoms with Crippen LogP contribution in [0.5, 0.6) is 0 Å². The summed E-state index contributed by atoms with van der Waals surface area (Å²) in [6, 6.07) is 1.92. The van der Waals surface area contributed by atoms with Crippen molar-refractivity contribution in [2.24, 2.45) is 5.73 Å². The highest BCUT2D eigenvalue weighted by Gasteiger charge is 2.08. The Labute approximate surface area is 112 Å². The maximum Gasteiger partial charge on any atom is 0.217 e. The SMILES string of the molecule is COC/C=C/c1cc(C)c(CCC(N)=O)c(Cl)n1. The number of hydrogen-bond acceptors (Lipinski definition) is 3. The van der Waals surface area contributed by atoms with Crippen LogP contribution in [0.1, 0.15) is 23.2 Å². The van der Waals surface area contributed by atoms with E-state index in [1.807, 2.05) is 25.1 Å². The molecule has 1 aromatic rings. The Morgan fingerprint density at radius 2 is 2.33 bits per heavy atom. The van der Waals surface area contributed by atoms with E-state index in [1.54, 1.807) is 7.11 Å². The Balaban J connectivity index is 2.86. The zero-order valence-corrected chi connectivity index (χ0v) is 11.3. The molecule has 98 valence electrons. The van der Waals surface area contributed by atoms with Gasteiger partial charge in [-0.05, 0) is 36.6 Å². The molecule has 1 rings (SSSR count). The molecule has 0 saturated heterocycles. The highest BCUT2D eigenvalue weighted by atomic mass is 35.5. The topological polar surface area (TPSA) is 65.2 Å². The van der Waals surface area contributed by atoms with E-state index in [0.717, 1.165) is 16.8 Å². The molecule has 1 heterocycles. The average molecular weight is 269 g/mol. The first kappa shape index (κ1) is 14.7. The van der Waals surface area contributed by atoms with Crippen molar-refractivity contribution in [3.05, 3.63) is 34.1 Å².